The van der Waals surface area contributed by atoms with Gasteiger partial charge in [0.15, 0.2) is 8.32 Å². The third-order valence-corrected chi connectivity index (χ3v) is 14.8. The minimum atomic E-state index is -1.86. The highest BCUT2D eigenvalue weighted by molar-refractivity contribution is 6.74. The molecule has 0 radical (unpaired) electrons. The number of hydrogen-bond donors (Lipinski definition) is 1. The SMILES string of the molecule is CC(c1ccccc1)[C@H]1CC[C@H](C)C[C@@H]1OC(=O)/C=C1\C[C@H]2C[C@@H](O)[C@H](CO[Si](C)(C)C(C)(C)C)[C@H]2C1. The molecule has 0 aromatic heterocycles. The van der Waals surface area contributed by atoms with E-state index in [4.69, 9.17) is 9.16 Å². The highest BCUT2D eigenvalue weighted by Crippen LogP contribution is 2.51. The van der Waals surface area contributed by atoms with Gasteiger partial charge in [-0.15, -0.1) is 0 Å². The fourth-order valence-electron chi connectivity index (χ4n) is 6.86. The summed E-state index contributed by atoms with van der Waals surface area (Å²) in [7, 11) is -1.86. The van der Waals surface area contributed by atoms with Gasteiger partial charge in [-0.25, -0.2) is 4.79 Å². The van der Waals surface area contributed by atoms with Gasteiger partial charge >= 0.3 is 5.97 Å². The lowest BCUT2D eigenvalue weighted by Gasteiger charge is -2.38. The van der Waals surface area contributed by atoms with Crippen LogP contribution in [-0.2, 0) is 14.0 Å². The molecular weight excluding hydrogens is 476 g/mol. The standard InChI is InChI=1S/C32H50O4Si/c1-21-13-14-26(22(2)24-11-9-8-10-12-24)30(15-21)36-31(34)18-23-16-25-19-29(33)28(27(25)17-23)20-35-37(6,7)32(3,4)5/h8-12,18,21-22,25-30,33H,13-17,19-20H2,1-7H3/b23-18+/t21-,22?,25-,26+,27-,28+,29+,30-/m0/s1. The van der Waals surface area contributed by atoms with Crippen LogP contribution in [0.3, 0.4) is 0 Å². The zero-order valence-corrected chi connectivity index (χ0v) is 25.2. The molecule has 0 heterocycles. The van der Waals surface area contributed by atoms with Crippen molar-refractivity contribution >= 4 is 14.3 Å². The summed E-state index contributed by atoms with van der Waals surface area (Å²) in [5, 5.41) is 11.0. The Labute approximate surface area is 226 Å². The van der Waals surface area contributed by atoms with Gasteiger partial charge in [0.1, 0.15) is 6.10 Å². The number of carbonyl (C=O) groups is 1. The number of esters is 1. The van der Waals surface area contributed by atoms with Crippen molar-refractivity contribution in [1.82, 2.24) is 0 Å². The van der Waals surface area contributed by atoms with Crippen molar-refractivity contribution in [2.45, 2.75) is 109 Å². The van der Waals surface area contributed by atoms with Crippen LogP contribution < -0.4 is 0 Å². The number of aliphatic hydroxyl groups is 1. The van der Waals surface area contributed by atoms with E-state index in [2.05, 4.69) is 78.0 Å². The molecule has 1 aromatic carbocycles. The number of rotatable bonds is 7. The van der Waals surface area contributed by atoms with E-state index >= 15 is 0 Å². The van der Waals surface area contributed by atoms with E-state index in [-0.39, 0.29) is 29.1 Å². The summed E-state index contributed by atoms with van der Waals surface area (Å²) >= 11 is 0. The Morgan fingerprint density at radius 2 is 1.84 bits per heavy atom. The zero-order chi connectivity index (χ0) is 27.0. The largest absolute Gasteiger partial charge is 0.459 e. The smallest absolute Gasteiger partial charge is 0.330 e. The molecule has 3 aliphatic rings. The number of benzene rings is 1. The topological polar surface area (TPSA) is 55.8 Å². The molecule has 1 aromatic rings. The molecule has 0 aliphatic heterocycles. The van der Waals surface area contributed by atoms with Gasteiger partial charge in [0.2, 0.25) is 0 Å². The van der Waals surface area contributed by atoms with Crippen molar-refractivity contribution in [2.75, 3.05) is 6.61 Å². The van der Waals surface area contributed by atoms with Crippen LogP contribution in [0.4, 0.5) is 0 Å². The van der Waals surface area contributed by atoms with Gasteiger partial charge in [-0.05, 0) is 79.5 Å². The minimum absolute atomic E-state index is 0.0308. The van der Waals surface area contributed by atoms with Crippen LogP contribution in [0, 0.1) is 29.6 Å². The summed E-state index contributed by atoms with van der Waals surface area (Å²) < 4.78 is 12.7. The number of allylic oxidation sites excluding steroid dienone is 1. The predicted molar refractivity (Wildman–Crippen MR) is 153 cm³/mol. The number of aliphatic hydroxyl groups excluding tert-OH is 1. The molecule has 3 aliphatic carbocycles. The van der Waals surface area contributed by atoms with Crippen LogP contribution in [0.15, 0.2) is 42.0 Å². The zero-order valence-electron chi connectivity index (χ0n) is 24.2. The van der Waals surface area contributed by atoms with Crippen LogP contribution in [0.25, 0.3) is 0 Å². The summed E-state index contributed by atoms with van der Waals surface area (Å²) in [6, 6.07) is 10.6. The van der Waals surface area contributed by atoms with E-state index in [0.717, 1.165) is 32.1 Å². The van der Waals surface area contributed by atoms with Crippen LogP contribution in [-0.4, -0.2) is 38.2 Å². The maximum Gasteiger partial charge on any atom is 0.330 e. The number of carbonyl (C=O) groups excluding carboxylic acids is 1. The van der Waals surface area contributed by atoms with E-state index in [1.807, 2.05) is 0 Å². The van der Waals surface area contributed by atoms with Crippen LogP contribution >= 0.6 is 0 Å². The second-order valence-corrected chi connectivity index (χ2v) is 18.7. The first kappa shape index (κ1) is 28.6. The molecule has 206 valence electrons. The summed E-state index contributed by atoms with van der Waals surface area (Å²) in [6.07, 6.45) is 7.31. The Hall–Kier alpha value is -1.43. The molecule has 3 saturated carbocycles. The quantitative estimate of drug-likeness (QED) is 0.227. The van der Waals surface area contributed by atoms with E-state index in [0.29, 0.717) is 36.2 Å². The van der Waals surface area contributed by atoms with Crippen LogP contribution in [0.1, 0.15) is 84.6 Å². The fourth-order valence-corrected chi connectivity index (χ4v) is 7.90. The summed E-state index contributed by atoms with van der Waals surface area (Å²) in [5.41, 5.74) is 2.52. The number of ether oxygens (including phenoxy) is 1. The van der Waals surface area contributed by atoms with Gasteiger partial charge in [-0.2, -0.15) is 0 Å². The molecule has 4 rings (SSSR count). The Kier molecular flexibility index (Phi) is 8.77. The monoisotopic (exact) mass is 526 g/mol. The summed E-state index contributed by atoms with van der Waals surface area (Å²) in [4.78, 5) is 13.1. The van der Waals surface area contributed by atoms with Crippen LogP contribution in [0.2, 0.25) is 18.1 Å². The molecule has 0 amide bonds. The first-order chi connectivity index (χ1) is 17.4. The molecule has 8 atom stereocenters. The Morgan fingerprint density at radius 3 is 2.51 bits per heavy atom. The second kappa shape index (κ2) is 11.4. The third kappa shape index (κ3) is 6.59. The van der Waals surface area contributed by atoms with Crippen molar-refractivity contribution in [3.63, 3.8) is 0 Å². The molecule has 3 fully saturated rings. The van der Waals surface area contributed by atoms with E-state index in [1.54, 1.807) is 6.08 Å². The van der Waals surface area contributed by atoms with Crippen molar-refractivity contribution in [3.05, 3.63) is 47.5 Å². The van der Waals surface area contributed by atoms with E-state index in [9.17, 15) is 9.90 Å². The number of hydrogen-bond acceptors (Lipinski definition) is 4. The third-order valence-electron chi connectivity index (χ3n) is 10.3. The van der Waals surface area contributed by atoms with Gasteiger partial charge in [-0.3, -0.25) is 0 Å². The Morgan fingerprint density at radius 1 is 1.14 bits per heavy atom. The molecule has 1 unspecified atom stereocenters. The first-order valence-corrected chi connectivity index (χ1v) is 17.5. The van der Waals surface area contributed by atoms with Gasteiger partial charge in [0, 0.05) is 24.5 Å². The van der Waals surface area contributed by atoms with Gasteiger partial charge < -0.3 is 14.3 Å². The normalized spacial score (nSPS) is 34.4. The lowest BCUT2D eigenvalue weighted by atomic mass is 9.73. The van der Waals surface area contributed by atoms with Crippen molar-refractivity contribution in [3.8, 4) is 0 Å². The van der Waals surface area contributed by atoms with Gasteiger partial charge in [0.25, 0.3) is 0 Å². The van der Waals surface area contributed by atoms with Gasteiger partial charge in [-0.1, -0.05) is 76.9 Å². The molecule has 0 saturated heterocycles. The van der Waals surface area contributed by atoms with Crippen molar-refractivity contribution in [2.24, 2.45) is 29.6 Å². The predicted octanol–water partition coefficient (Wildman–Crippen LogP) is 7.49. The fraction of sp³-hybridized carbons (Fsp3) is 0.719. The molecule has 5 heteroatoms. The van der Waals surface area contributed by atoms with Crippen molar-refractivity contribution in [1.29, 1.82) is 0 Å². The molecule has 0 spiro atoms. The molecule has 37 heavy (non-hydrogen) atoms. The lowest BCUT2D eigenvalue weighted by molar-refractivity contribution is -0.149. The van der Waals surface area contributed by atoms with E-state index < -0.39 is 8.32 Å². The average molecular weight is 527 g/mol. The minimum Gasteiger partial charge on any atom is -0.459 e. The van der Waals surface area contributed by atoms with Gasteiger partial charge in [0.05, 0.1) is 6.10 Å². The Balaban J connectivity index is 1.38. The highest BCUT2D eigenvalue weighted by Gasteiger charge is 2.48. The summed E-state index contributed by atoms with van der Waals surface area (Å²) in [5.74, 6) is 2.15. The Bertz CT molecular complexity index is 949. The average Bonchev–Trinajstić information content (AvgIpc) is 3.32. The molecule has 0 bridgehead atoms. The maximum atomic E-state index is 13.1. The first-order valence-electron chi connectivity index (χ1n) is 14.6. The highest BCUT2D eigenvalue weighted by atomic mass is 28.4. The lowest BCUT2D eigenvalue weighted by Crippen LogP contribution is -2.43. The van der Waals surface area contributed by atoms with E-state index in [1.165, 1.54) is 17.6 Å². The number of fused-ring (bicyclic) bond motifs is 1. The summed E-state index contributed by atoms with van der Waals surface area (Å²) in [6.45, 7) is 16.5. The molecule has 1 N–H and O–H groups in total. The second-order valence-electron chi connectivity index (χ2n) is 13.9. The molecule has 4 nitrogen and oxygen atoms in total. The molecular formula is C32H50O4Si. The maximum absolute atomic E-state index is 13.1. The van der Waals surface area contributed by atoms with Crippen molar-refractivity contribution < 1.29 is 19.1 Å². The van der Waals surface area contributed by atoms with Crippen LogP contribution in [0.5, 0.6) is 0 Å².